The van der Waals surface area contributed by atoms with Gasteiger partial charge in [0.25, 0.3) is 0 Å². The number of benzene rings is 1. The van der Waals surface area contributed by atoms with Gasteiger partial charge in [0, 0.05) is 16.9 Å². The second-order valence-corrected chi connectivity index (χ2v) is 4.24. The first-order chi connectivity index (χ1) is 6.69. The topological polar surface area (TPSA) is 33.0 Å². The molecule has 3 heteroatoms. The molecule has 74 valence electrons. The maximum absolute atomic E-state index is 8.96. The fourth-order valence-corrected chi connectivity index (χ4v) is 1.77. The average Bonchev–Trinajstić information content (AvgIpc) is 2.17. The fraction of sp³-hybridized carbons (Fsp3) is 0.364. The lowest BCUT2D eigenvalue weighted by Crippen LogP contribution is -1.92. The standard InChI is InChI=1S/C11H13NOS/c1-8(2)11-5-4-10(14-13-3)6-9(11)7-12/h4-6,8H,1-3H3. The van der Waals surface area contributed by atoms with E-state index in [1.54, 1.807) is 7.11 Å². The molecule has 0 amide bonds. The molecule has 0 aliphatic heterocycles. The molecule has 0 spiro atoms. The van der Waals surface area contributed by atoms with Gasteiger partial charge in [-0.3, -0.25) is 0 Å². The van der Waals surface area contributed by atoms with E-state index >= 15 is 0 Å². The maximum atomic E-state index is 8.96. The van der Waals surface area contributed by atoms with Crippen molar-refractivity contribution in [3.8, 4) is 6.07 Å². The van der Waals surface area contributed by atoms with Crippen molar-refractivity contribution in [3.63, 3.8) is 0 Å². The average molecular weight is 207 g/mol. The molecule has 0 heterocycles. The predicted octanol–water partition coefficient (Wildman–Crippen LogP) is 3.34. The Kier molecular flexibility index (Phi) is 3.99. The van der Waals surface area contributed by atoms with Crippen LogP contribution in [-0.4, -0.2) is 7.11 Å². The summed E-state index contributed by atoms with van der Waals surface area (Å²) >= 11 is 1.27. The van der Waals surface area contributed by atoms with Crippen LogP contribution in [-0.2, 0) is 4.18 Å². The third kappa shape index (κ3) is 2.50. The van der Waals surface area contributed by atoms with Crippen molar-refractivity contribution in [1.82, 2.24) is 0 Å². The number of hydrogen-bond acceptors (Lipinski definition) is 3. The van der Waals surface area contributed by atoms with Gasteiger partial charge in [-0.15, -0.1) is 0 Å². The van der Waals surface area contributed by atoms with E-state index < -0.39 is 0 Å². The lowest BCUT2D eigenvalue weighted by atomic mass is 9.98. The zero-order chi connectivity index (χ0) is 10.6. The van der Waals surface area contributed by atoms with Crippen LogP contribution in [0.4, 0.5) is 0 Å². The molecule has 0 bridgehead atoms. The van der Waals surface area contributed by atoms with Crippen LogP contribution in [0.1, 0.15) is 30.9 Å². The van der Waals surface area contributed by atoms with Gasteiger partial charge in [0.05, 0.1) is 18.7 Å². The van der Waals surface area contributed by atoms with Gasteiger partial charge in [-0.25, -0.2) is 0 Å². The van der Waals surface area contributed by atoms with Crippen molar-refractivity contribution in [3.05, 3.63) is 29.3 Å². The highest BCUT2D eigenvalue weighted by Gasteiger charge is 2.07. The van der Waals surface area contributed by atoms with Crippen LogP contribution in [0.2, 0.25) is 0 Å². The normalized spacial score (nSPS) is 10.2. The molecule has 0 atom stereocenters. The van der Waals surface area contributed by atoms with Crippen LogP contribution >= 0.6 is 12.0 Å². The van der Waals surface area contributed by atoms with Gasteiger partial charge in [0.2, 0.25) is 0 Å². The number of hydrogen-bond donors (Lipinski definition) is 0. The summed E-state index contributed by atoms with van der Waals surface area (Å²) in [6.45, 7) is 4.17. The van der Waals surface area contributed by atoms with Crippen LogP contribution in [0.3, 0.4) is 0 Å². The third-order valence-electron chi connectivity index (χ3n) is 1.95. The lowest BCUT2D eigenvalue weighted by molar-refractivity contribution is 0.490. The van der Waals surface area contributed by atoms with Crippen molar-refractivity contribution in [2.24, 2.45) is 0 Å². The summed E-state index contributed by atoms with van der Waals surface area (Å²) in [6, 6.07) is 8.04. The predicted molar refractivity (Wildman–Crippen MR) is 58.1 cm³/mol. The molecule has 0 radical (unpaired) electrons. The van der Waals surface area contributed by atoms with Gasteiger partial charge in [-0.2, -0.15) is 5.26 Å². The van der Waals surface area contributed by atoms with E-state index in [0.717, 1.165) is 16.0 Å². The van der Waals surface area contributed by atoms with Crippen molar-refractivity contribution < 1.29 is 4.18 Å². The lowest BCUT2D eigenvalue weighted by Gasteiger charge is -2.08. The molecule has 0 N–H and O–H groups in total. The molecule has 1 aromatic carbocycles. The molecular formula is C11H13NOS. The highest BCUT2D eigenvalue weighted by molar-refractivity contribution is 7.94. The van der Waals surface area contributed by atoms with Crippen molar-refractivity contribution in [1.29, 1.82) is 5.26 Å². The van der Waals surface area contributed by atoms with Crippen LogP contribution in [0.25, 0.3) is 0 Å². The van der Waals surface area contributed by atoms with Gasteiger partial charge >= 0.3 is 0 Å². The first-order valence-electron chi connectivity index (χ1n) is 4.43. The first kappa shape index (κ1) is 11.1. The van der Waals surface area contributed by atoms with Gasteiger partial charge in [-0.05, 0) is 23.6 Å². The summed E-state index contributed by atoms with van der Waals surface area (Å²) in [5.74, 6) is 0.381. The summed E-state index contributed by atoms with van der Waals surface area (Å²) in [5.41, 5.74) is 1.83. The van der Waals surface area contributed by atoms with Crippen LogP contribution in [0, 0.1) is 11.3 Å². The highest BCUT2D eigenvalue weighted by atomic mass is 32.2. The molecule has 1 rings (SSSR count). The summed E-state index contributed by atoms with van der Waals surface area (Å²) in [5, 5.41) is 8.96. The van der Waals surface area contributed by atoms with E-state index in [9.17, 15) is 0 Å². The summed E-state index contributed by atoms with van der Waals surface area (Å²) in [6.07, 6.45) is 0. The van der Waals surface area contributed by atoms with Crippen molar-refractivity contribution in [2.45, 2.75) is 24.7 Å². The molecule has 0 aliphatic rings. The Morgan fingerprint density at radius 2 is 2.14 bits per heavy atom. The number of nitriles is 1. The number of rotatable bonds is 3. The van der Waals surface area contributed by atoms with Crippen molar-refractivity contribution in [2.75, 3.05) is 7.11 Å². The Labute approximate surface area is 89.1 Å². The largest absolute Gasteiger partial charge is 0.314 e. The van der Waals surface area contributed by atoms with Crippen LogP contribution in [0.5, 0.6) is 0 Å². The summed E-state index contributed by atoms with van der Waals surface area (Å²) in [7, 11) is 1.62. The molecular weight excluding hydrogens is 194 g/mol. The molecule has 14 heavy (non-hydrogen) atoms. The molecule has 0 aliphatic carbocycles. The Bertz CT molecular complexity index is 355. The Hall–Kier alpha value is -0.980. The zero-order valence-corrected chi connectivity index (χ0v) is 9.39. The van der Waals surface area contributed by atoms with Gasteiger partial charge in [0.1, 0.15) is 0 Å². The minimum atomic E-state index is 0.381. The van der Waals surface area contributed by atoms with E-state index in [2.05, 4.69) is 19.9 Å². The van der Waals surface area contributed by atoms with E-state index in [-0.39, 0.29) is 0 Å². The second kappa shape index (κ2) is 5.04. The second-order valence-electron chi connectivity index (χ2n) is 3.27. The zero-order valence-electron chi connectivity index (χ0n) is 8.57. The molecule has 0 saturated carbocycles. The Morgan fingerprint density at radius 3 is 2.64 bits per heavy atom. The monoisotopic (exact) mass is 207 g/mol. The van der Waals surface area contributed by atoms with E-state index in [1.165, 1.54) is 12.0 Å². The van der Waals surface area contributed by atoms with E-state index in [0.29, 0.717) is 5.92 Å². The molecule has 0 aromatic heterocycles. The molecule has 0 fully saturated rings. The molecule has 2 nitrogen and oxygen atoms in total. The van der Waals surface area contributed by atoms with Gasteiger partial charge in [-0.1, -0.05) is 19.9 Å². The Morgan fingerprint density at radius 1 is 1.43 bits per heavy atom. The maximum Gasteiger partial charge on any atom is 0.0995 e. The van der Waals surface area contributed by atoms with Gasteiger partial charge < -0.3 is 4.18 Å². The highest BCUT2D eigenvalue weighted by Crippen LogP contribution is 2.25. The van der Waals surface area contributed by atoms with Gasteiger partial charge in [0.15, 0.2) is 0 Å². The molecule has 1 aromatic rings. The minimum Gasteiger partial charge on any atom is -0.314 e. The van der Waals surface area contributed by atoms with E-state index in [1.807, 2.05) is 18.2 Å². The molecule has 0 unspecified atom stereocenters. The smallest absolute Gasteiger partial charge is 0.0995 e. The first-order valence-corrected chi connectivity index (χ1v) is 5.18. The minimum absolute atomic E-state index is 0.381. The van der Waals surface area contributed by atoms with Crippen LogP contribution < -0.4 is 0 Å². The summed E-state index contributed by atoms with van der Waals surface area (Å²) in [4.78, 5) is 0.966. The van der Waals surface area contributed by atoms with Crippen LogP contribution in [0.15, 0.2) is 23.1 Å². The third-order valence-corrected chi connectivity index (χ3v) is 2.56. The quantitative estimate of drug-likeness (QED) is 0.713. The number of nitrogens with zero attached hydrogens (tertiary/aromatic N) is 1. The SMILES string of the molecule is COSc1ccc(C(C)C)c(C#N)c1. The van der Waals surface area contributed by atoms with E-state index in [4.69, 9.17) is 9.44 Å². The molecule has 0 saturated heterocycles. The Balaban J connectivity index is 3.07. The fourth-order valence-electron chi connectivity index (χ4n) is 1.28. The summed E-state index contributed by atoms with van der Waals surface area (Å²) < 4.78 is 4.93. The van der Waals surface area contributed by atoms with Crippen molar-refractivity contribution >= 4 is 12.0 Å².